The number of H-pyrrole nitrogens is 1. The van der Waals surface area contributed by atoms with Crippen LogP contribution in [0.25, 0.3) is 10.9 Å². The average molecular weight is 368 g/mol. The Morgan fingerprint density at radius 2 is 2.15 bits per heavy atom. The van der Waals surface area contributed by atoms with E-state index >= 15 is 0 Å². The number of fused-ring (bicyclic) bond motifs is 2. The number of rotatable bonds is 7. The molecule has 0 bridgehead atoms. The van der Waals surface area contributed by atoms with Crippen molar-refractivity contribution in [2.24, 2.45) is 0 Å². The lowest BCUT2D eigenvalue weighted by Gasteiger charge is -2.27. The lowest BCUT2D eigenvalue weighted by Crippen LogP contribution is -2.38. The number of benzene rings is 2. The smallest absolute Gasteiger partial charge is 0.165 e. The van der Waals surface area contributed by atoms with Crippen LogP contribution in [0.5, 0.6) is 23.0 Å². The molecule has 0 radical (unpaired) electrons. The molecular formula is C21H24N2O4. The molecule has 6 nitrogen and oxygen atoms in total. The summed E-state index contributed by atoms with van der Waals surface area (Å²) in [6.45, 7) is 2.15. The molecule has 1 aliphatic rings. The average Bonchev–Trinajstić information content (AvgIpc) is 3.09. The van der Waals surface area contributed by atoms with Crippen molar-refractivity contribution in [1.82, 2.24) is 10.3 Å². The van der Waals surface area contributed by atoms with Crippen molar-refractivity contribution in [1.29, 1.82) is 0 Å². The Hall–Kier alpha value is -2.86. The number of nitrogens with one attached hydrogen (secondary N) is 2. The molecule has 2 heterocycles. The van der Waals surface area contributed by atoms with E-state index in [2.05, 4.69) is 10.3 Å². The minimum Gasteiger partial charge on any atom is -0.508 e. The number of aromatic hydroxyl groups is 1. The highest BCUT2D eigenvalue weighted by atomic mass is 16.6. The number of hydrogen-bond acceptors (Lipinski definition) is 5. The summed E-state index contributed by atoms with van der Waals surface area (Å²) in [5, 5.41) is 14.2. The van der Waals surface area contributed by atoms with Crippen LogP contribution in [0, 0.1) is 0 Å². The summed E-state index contributed by atoms with van der Waals surface area (Å²) in [7, 11) is 1.64. The number of aryl methyl sites for hydroxylation is 1. The lowest BCUT2D eigenvalue weighted by atomic mass is 10.1. The Bertz CT molecular complexity index is 922. The van der Waals surface area contributed by atoms with E-state index in [0.29, 0.717) is 12.4 Å². The molecule has 27 heavy (non-hydrogen) atoms. The molecule has 0 fully saturated rings. The van der Waals surface area contributed by atoms with Crippen LogP contribution in [-0.2, 0) is 6.42 Å². The zero-order valence-electron chi connectivity index (χ0n) is 15.3. The number of methoxy groups -OCH3 is 1. The van der Waals surface area contributed by atoms with Gasteiger partial charge in [0.2, 0.25) is 0 Å². The van der Waals surface area contributed by atoms with E-state index in [0.717, 1.165) is 54.1 Å². The highest BCUT2D eigenvalue weighted by molar-refractivity contribution is 5.84. The molecule has 0 amide bonds. The number of aromatic nitrogens is 1. The quantitative estimate of drug-likeness (QED) is 0.558. The van der Waals surface area contributed by atoms with E-state index in [4.69, 9.17) is 14.2 Å². The van der Waals surface area contributed by atoms with Crippen LogP contribution in [0.3, 0.4) is 0 Å². The maximum Gasteiger partial charge on any atom is 0.165 e. The van der Waals surface area contributed by atoms with Gasteiger partial charge in [-0.05, 0) is 55.3 Å². The Balaban J connectivity index is 1.24. The van der Waals surface area contributed by atoms with Crippen molar-refractivity contribution in [3.8, 4) is 23.0 Å². The van der Waals surface area contributed by atoms with E-state index in [1.165, 1.54) is 5.56 Å². The Morgan fingerprint density at radius 3 is 3.04 bits per heavy atom. The minimum absolute atomic E-state index is 0.0189. The topological polar surface area (TPSA) is 75.7 Å². The van der Waals surface area contributed by atoms with Crippen LogP contribution in [0.15, 0.2) is 42.6 Å². The van der Waals surface area contributed by atoms with Crippen molar-refractivity contribution in [3.63, 3.8) is 0 Å². The van der Waals surface area contributed by atoms with Crippen molar-refractivity contribution in [2.45, 2.75) is 18.9 Å². The first-order chi connectivity index (χ1) is 13.2. The number of phenolic OH excluding ortho intramolecular Hbond substituents is 1. The van der Waals surface area contributed by atoms with Gasteiger partial charge in [0.15, 0.2) is 11.5 Å². The molecule has 0 spiro atoms. The highest BCUT2D eigenvalue weighted by Crippen LogP contribution is 2.34. The fraction of sp³-hybridized carbons (Fsp3) is 0.333. The second-order valence-corrected chi connectivity index (χ2v) is 6.72. The first-order valence-corrected chi connectivity index (χ1v) is 9.20. The Kier molecular flexibility index (Phi) is 5.07. The van der Waals surface area contributed by atoms with Gasteiger partial charge < -0.3 is 29.6 Å². The largest absolute Gasteiger partial charge is 0.508 e. The van der Waals surface area contributed by atoms with Gasteiger partial charge in [-0.1, -0.05) is 0 Å². The third-order valence-corrected chi connectivity index (χ3v) is 4.79. The van der Waals surface area contributed by atoms with Crippen LogP contribution in [0.1, 0.15) is 12.0 Å². The molecule has 3 N–H and O–H groups in total. The lowest BCUT2D eigenvalue weighted by molar-refractivity contribution is 0.0901. The van der Waals surface area contributed by atoms with Crippen LogP contribution < -0.4 is 19.5 Å². The second-order valence-electron chi connectivity index (χ2n) is 6.72. The third kappa shape index (κ3) is 3.95. The van der Waals surface area contributed by atoms with E-state index in [1.807, 2.05) is 36.5 Å². The fourth-order valence-corrected chi connectivity index (χ4v) is 3.36. The molecule has 4 rings (SSSR count). The van der Waals surface area contributed by atoms with Crippen LogP contribution >= 0.6 is 0 Å². The van der Waals surface area contributed by atoms with Gasteiger partial charge in [0.1, 0.15) is 24.2 Å². The van der Waals surface area contributed by atoms with Crippen molar-refractivity contribution < 1.29 is 19.3 Å². The second kappa shape index (κ2) is 7.80. The van der Waals surface area contributed by atoms with Gasteiger partial charge in [-0.15, -0.1) is 0 Å². The molecule has 1 atom stereocenters. The van der Waals surface area contributed by atoms with E-state index in [1.54, 1.807) is 13.2 Å². The van der Waals surface area contributed by atoms with E-state index < -0.39 is 0 Å². The predicted octanol–water partition coefficient (Wildman–Crippen LogP) is 3.24. The molecule has 1 aliphatic heterocycles. The third-order valence-electron chi connectivity index (χ3n) is 4.79. The van der Waals surface area contributed by atoms with E-state index in [9.17, 15) is 5.11 Å². The van der Waals surface area contributed by atoms with Gasteiger partial charge in [0, 0.05) is 29.7 Å². The van der Waals surface area contributed by atoms with Gasteiger partial charge in [0.25, 0.3) is 0 Å². The molecule has 1 unspecified atom stereocenters. The highest BCUT2D eigenvalue weighted by Gasteiger charge is 2.21. The first kappa shape index (κ1) is 17.5. The summed E-state index contributed by atoms with van der Waals surface area (Å²) in [5.74, 6) is 2.55. The SMILES string of the molecule is COc1ccc2c(c1)OC(CNCCCc1c[nH]c3ccc(O)cc13)CO2. The predicted molar refractivity (Wildman–Crippen MR) is 104 cm³/mol. The monoisotopic (exact) mass is 368 g/mol. The molecule has 0 aliphatic carbocycles. The summed E-state index contributed by atoms with van der Waals surface area (Å²) >= 11 is 0. The summed E-state index contributed by atoms with van der Waals surface area (Å²) < 4.78 is 17.0. The fourth-order valence-electron chi connectivity index (χ4n) is 3.36. The minimum atomic E-state index is -0.0189. The zero-order chi connectivity index (χ0) is 18.6. The van der Waals surface area contributed by atoms with Gasteiger partial charge in [-0.25, -0.2) is 0 Å². The maximum absolute atomic E-state index is 9.67. The number of aromatic amines is 1. The number of ether oxygens (including phenoxy) is 3. The van der Waals surface area contributed by atoms with Gasteiger partial charge >= 0.3 is 0 Å². The zero-order valence-corrected chi connectivity index (χ0v) is 15.3. The molecule has 0 saturated carbocycles. The van der Waals surface area contributed by atoms with Gasteiger partial charge in [-0.2, -0.15) is 0 Å². The normalized spacial score (nSPS) is 15.8. The molecule has 2 aromatic carbocycles. The number of hydrogen-bond donors (Lipinski definition) is 3. The van der Waals surface area contributed by atoms with E-state index in [-0.39, 0.29) is 6.10 Å². The molecule has 3 aromatic rings. The van der Waals surface area contributed by atoms with Gasteiger partial charge in [0.05, 0.1) is 7.11 Å². The Morgan fingerprint density at radius 1 is 1.22 bits per heavy atom. The molecule has 6 heteroatoms. The van der Waals surface area contributed by atoms with Gasteiger partial charge in [-0.3, -0.25) is 0 Å². The van der Waals surface area contributed by atoms with Crippen LogP contribution in [0.2, 0.25) is 0 Å². The molecule has 1 aromatic heterocycles. The van der Waals surface area contributed by atoms with Crippen LogP contribution in [0.4, 0.5) is 0 Å². The standard InChI is InChI=1S/C21H24N2O4/c1-25-16-5-7-20-21(10-16)27-17(13-26-20)12-22-8-2-3-14-11-23-19-6-4-15(24)9-18(14)19/h4-7,9-11,17,22-24H,2-3,8,12-13H2,1H3. The van der Waals surface area contributed by atoms with Crippen molar-refractivity contribution >= 4 is 10.9 Å². The summed E-state index contributed by atoms with van der Waals surface area (Å²) in [5.41, 5.74) is 2.28. The molecule has 142 valence electrons. The van der Waals surface area contributed by atoms with Crippen LogP contribution in [-0.4, -0.2) is 43.0 Å². The summed E-state index contributed by atoms with van der Waals surface area (Å²) in [4.78, 5) is 3.25. The summed E-state index contributed by atoms with van der Waals surface area (Å²) in [6.07, 6.45) is 3.95. The van der Waals surface area contributed by atoms with Crippen molar-refractivity contribution in [3.05, 3.63) is 48.2 Å². The Labute approximate surface area is 158 Å². The van der Waals surface area contributed by atoms with Crippen molar-refractivity contribution in [2.75, 3.05) is 26.8 Å². The number of phenols is 1. The molecule has 0 saturated heterocycles. The molecular weight excluding hydrogens is 344 g/mol. The maximum atomic E-state index is 9.67. The first-order valence-electron chi connectivity index (χ1n) is 9.20. The summed E-state index contributed by atoms with van der Waals surface area (Å²) in [6, 6.07) is 11.0.